The fraction of sp³-hybridized carbons (Fsp3) is 0.462. The summed E-state index contributed by atoms with van der Waals surface area (Å²) in [5, 5.41) is 2.66. The largest absolute Gasteiger partial charge is 0.398 e. The Balaban J connectivity index is 3.06. The summed E-state index contributed by atoms with van der Waals surface area (Å²) in [5.74, 6) is -0.348. The van der Waals surface area contributed by atoms with E-state index in [4.69, 9.17) is 5.73 Å². The number of nitrogens with one attached hydrogen (secondary N) is 1. The number of amides is 1. The molecule has 0 aliphatic rings. The van der Waals surface area contributed by atoms with Crippen molar-refractivity contribution in [1.82, 2.24) is 9.62 Å². The number of sulfonamides is 1. The normalized spacial score (nSPS) is 12.0. The fourth-order valence-corrected chi connectivity index (χ4v) is 3.59. The first-order valence-corrected chi connectivity index (χ1v) is 8.60. The molecule has 0 saturated heterocycles. The lowest BCUT2D eigenvalue weighted by molar-refractivity contribution is -0.121. The van der Waals surface area contributed by atoms with Crippen molar-refractivity contribution in [2.24, 2.45) is 0 Å². The van der Waals surface area contributed by atoms with Crippen LogP contribution in [0, 0.1) is 6.92 Å². The monoisotopic (exact) mass is 377 g/mol. The van der Waals surface area contributed by atoms with Crippen molar-refractivity contribution in [2.45, 2.75) is 31.7 Å². The van der Waals surface area contributed by atoms with Gasteiger partial charge >= 0.3 is 0 Å². The summed E-state index contributed by atoms with van der Waals surface area (Å²) >= 11 is 3.25. The maximum atomic E-state index is 12.5. The molecule has 0 saturated carbocycles. The van der Waals surface area contributed by atoms with Crippen LogP contribution in [0.5, 0.6) is 0 Å². The molecule has 1 amide bonds. The lowest BCUT2D eigenvalue weighted by atomic mass is 10.2. The summed E-state index contributed by atoms with van der Waals surface area (Å²) in [6.07, 6.45) is 0. The molecule has 0 spiro atoms. The minimum Gasteiger partial charge on any atom is -0.398 e. The van der Waals surface area contributed by atoms with Gasteiger partial charge in [-0.3, -0.25) is 4.79 Å². The standard InChI is InChI=1S/C13H20BrN3O3S/c1-8(2)16-13(18)7-17(4)21(19,20)12-6-11(15)10(14)5-9(12)3/h5-6,8H,7,15H2,1-4H3,(H,16,18). The molecule has 0 fully saturated rings. The molecule has 0 heterocycles. The Morgan fingerprint density at radius 2 is 2.00 bits per heavy atom. The van der Waals surface area contributed by atoms with Gasteiger partial charge in [0.15, 0.2) is 0 Å². The number of nitrogens with zero attached hydrogens (tertiary/aromatic N) is 1. The number of hydrogen-bond acceptors (Lipinski definition) is 4. The van der Waals surface area contributed by atoms with Gasteiger partial charge < -0.3 is 11.1 Å². The van der Waals surface area contributed by atoms with Crippen molar-refractivity contribution in [3.63, 3.8) is 0 Å². The van der Waals surface area contributed by atoms with Crippen LogP contribution in [0.1, 0.15) is 19.4 Å². The topological polar surface area (TPSA) is 92.5 Å². The molecule has 118 valence electrons. The van der Waals surface area contributed by atoms with Crippen LogP contribution in [0.15, 0.2) is 21.5 Å². The smallest absolute Gasteiger partial charge is 0.243 e. The van der Waals surface area contributed by atoms with Gasteiger partial charge in [-0.05, 0) is 54.4 Å². The summed E-state index contributed by atoms with van der Waals surface area (Å²) in [4.78, 5) is 11.8. The Morgan fingerprint density at radius 1 is 1.43 bits per heavy atom. The lowest BCUT2D eigenvalue weighted by Crippen LogP contribution is -2.41. The predicted molar refractivity (Wildman–Crippen MR) is 86.4 cm³/mol. The van der Waals surface area contributed by atoms with Gasteiger partial charge in [-0.25, -0.2) is 8.42 Å². The summed E-state index contributed by atoms with van der Waals surface area (Å²) < 4.78 is 26.7. The third-order valence-corrected chi connectivity index (χ3v) is 5.43. The molecular formula is C13H20BrN3O3S. The maximum Gasteiger partial charge on any atom is 0.243 e. The Kier molecular flexibility index (Phi) is 5.77. The lowest BCUT2D eigenvalue weighted by Gasteiger charge is -2.19. The number of halogens is 1. The molecule has 0 atom stereocenters. The molecule has 0 unspecified atom stereocenters. The van der Waals surface area contributed by atoms with Crippen molar-refractivity contribution in [3.8, 4) is 0 Å². The molecule has 21 heavy (non-hydrogen) atoms. The van der Waals surface area contributed by atoms with E-state index >= 15 is 0 Å². The number of benzene rings is 1. The van der Waals surface area contributed by atoms with Crippen molar-refractivity contribution >= 4 is 37.5 Å². The third-order valence-electron chi connectivity index (χ3n) is 2.80. The maximum absolute atomic E-state index is 12.5. The van der Waals surface area contributed by atoms with Crippen LogP contribution in [0.3, 0.4) is 0 Å². The summed E-state index contributed by atoms with van der Waals surface area (Å²) in [7, 11) is -2.40. The van der Waals surface area contributed by atoms with Crippen molar-refractivity contribution in [2.75, 3.05) is 19.3 Å². The molecule has 1 rings (SSSR count). The van der Waals surface area contributed by atoms with E-state index in [1.54, 1.807) is 13.0 Å². The first-order chi connectivity index (χ1) is 9.55. The van der Waals surface area contributed by atoms with Gasteiger partial charge in [-0.1, -0.05) is 0 Å². The van der Waals surface area contributed by atoms with Gasteiger partial charge in [-0.15, -0.1) is 0 Å². The molecule has 0 aromatic heterocycles. The number of hydrogen-bond donors (Lipinski definition) is 2. The second-order valence-corrected chi connectivity index (χ2v) is 7.99. The van der Waals surface area contributed by atoms with Crippen LogP contribution >= 0.6 is 15.9 Å². The van der Waals surface area contributed by atoms with E-state index in [1.165, 1.54) is 13.1 Å². The second-order valence-electron chi connectivity index (χ2n) is 5.12. The van der Waals surface area contributed by atoms with E-state index in [9.17, 15) is 13.2 Å². The van der Waals surface area contributed by atoms with Crippen molar-refractivity contribution < 1.29 is 13.2 Å². The Hall–Kier alpha value is -1.12. The third kappa shape index (κ3) is 4.42. The first-order valence-electron chi connectivity index (χ1n) is 6.37. The van der Waals surface area contributed by atoms with Crippen LogP contribution in [0.25, 0.3) is 0 Å². The summed E-state index contributed by atoms with van der Waals surface area (Å²) in [6, 6.07) is 2.99. The van der Waals surface area contributed by atoms with Gasteiger partial charge in [0, 0.05) is 23.2 Å². The highest BCUT2D eigenvalue weighted by molar-refractivity contribution is 9.10. The molecule has 8 heteroatoms. The van der Waals surface area contributed by atoms with E-state index < -0.39 is 10.0 Å². The van der Waals surface area contributed by atoms with E-state index in [1.807, 2.05) is 13.8 Å². The van der Waals surface area contributed by atoms with Gasteiger partial charge in [0.2, 0.25) is 15.9 Å². The van der Waals surface area contributed by atoms with Crippen LogP contribution in [-0.2, 0) is 14.8 Å². The average molecular weight is 378 g/mol. The average Bonchev–Trinajstić information content (AvgIpc) is 2.32. The minimum atomic E-state index is -3.77. The second kappa shape index (κ2) is 6.76. The molecule has 0 aliphatic carbocycles. The number of carbonyl (C=O) groups is 1. The van der Waals surface area contributed by atoms with E-state index in [0.717, 1.165) is 4.31 Å². The van der Waals surface area contributed by atoms with Crippen LogP contribution in [0.4, 0.5) is 5.69 Å². The van der Waals surface area contributed by atoms with Crippen LogP contribution in [-0.4, -0.2) is 38.3 Å². The predicted octanol–water partition coefficient (Wildman–Crippen LogP) is 1.48. The molecule has 0 radical (unpaired) electrons. The zero-order chi connectivity index (χ0) is 16.4. The molecule has 1 aromatic carbocycles. The molecular weight excluding hydrogens is 358 g/mol. The van der Waals surface area contributed by atoms with Gasteiger partial charge in [0.25, 0.3) is 0 Å². The summed E-state index contributed by atoms with van der Waals surface area (Å²) in [6.45, 7) is 5.06. The first kappa shape index (κ1) is 17.9. The van der Waals surface area contributed by atoms with Crippen molar-refractivity contribution in [3.05, 3.63) is 22.2 Å². The van der Waals surface area contributed by atoms with Crippen molar-refractivity contribution in [1.29, 1.82) is 0 Å². The zero-order valence-corrected chi connectivity index (χ0v) is 14.9. The highest BCUT2D eigenvalue weighted by atomic mass is 79.9. The molecule has 0 aliphatic heterocycles. The Morgan fingerprint density at radius 3 is 2.52 bits per heavy atom. The van der Waals surface area contributed by atoms with Gasteiger partial charge in [0.05, 0.1) is 11.4 Å². The van der Waals surface area contributed by atoms with Crippen LogP contribution < -0.4 is 11.1 Å². The van der Waals surface area contributed by atoms with Crippen LogP contribution in [0.2, 0.25) is 0 Å². The van der Waals surface area contributed by atoms with E-state index in [0.29, 0.717) is 15.7 Å². The number of rotatable bonds is 5. The fourth-order valence-electron chi connectivity index (χ4n) is 1.77. The highest BCUT2D eigenvalue weighted by Gasteiger charge is 2.25. The number of aryl methyl sites for hydroxylation is 1. The molecule has 0 bridgehead atoms. The molecule has 3 N–H and O–H groups in total. The number of nitrogens with two attached hydrogens (primary N) is 1. The molecule has 1 aromatic rings. The van der Waals surface area contributed by atoms with Gasteiger partial charge in [0.1, 0.15) is 0 Å². The quantitative estimate of drug-likeness (QED) is 0.760. The Bertz CT molecular complexity index is 644. The Labute approximate surface area is 133 Å². The minimum absolute atomic E-state index is 0.0429. The van der Waals surface area contributed by atoms with E-state index in [-0.39, 0.29) is 23.4 Å². The number of likely N-dealkylation sites (N-methyl/N-ethyl adjacent to an activating group) is 1. The van der Waals surface area contributed by atoms with E-state index in [2.05, 4.69) is 21.2 Å². The number of nitrogen functional groups attached to an aromatic ring is 1. The SMILES string of the molecule is Cc1cc(Br)c(N)cc1S(=O)(=O)N(C)CC(=O)NC(C)C. The number of carbonyl (C=O) groups excluding carboxylic acids is 1. The van der Waals surface area contributed by atoms with Gasteiger partial charge in [-0.2, -0.15) is 4.31 Å². The number of anilines is 1. The molecule has 6 nitrogen and oxygen atoms in total. The summed E-state index contributed by atoms with van der Waals surface area (Å²) in [5.41, 5.74) is 6.64. The highest BCUT2D eigenvalue weighted by Crippen LogP contribution is 2.28. The zero-order valence-electron chi connectivity index (χ0n) is 12.5.